The molecule has 0 atom stereocenters. The number of ether oxygens (including phenoxy) is 1. The van der Waals surface area contributed by atoms with Crippen LogP contribution in [0.2, 0.25) is 0 Å². The van der Waals surface area contributed by atoms with E-state index in [0.29, 0.717) is 11.8 Å². The van der Waals surface area contributed by atoms with Crippen LogP contribution in [0.5, 0.6) is 5.75 Å². The van der Waals surface area contributed by atoms with Crippen molar-refractivity contribution in [1.29, 1.82) is 0 Å². The van der Waals surface area contributed by atoms with E-state index in [2.05, 4.69) is 43.5 Å². The number of nitrogens with zero attached hydrogens (tertiary/aromatic N) is 2. The molecule has 5 nitrogen and oxygen atoms in total. The molecule has 1 aromatic carbocycles. The average molecular weight is 351 g/mol. The van der Waals surface area contributed by atoms with Gasteiger partial charge in [0.05, 0.1) is 17.3 Å². The molecule has 112 valence electrons. The molecule has 0 radical (unpaired) electrons. The summed E-state index contributed by atoms with van der Waals surface area (Å²) in [6.45, 7) is 4.98. The summed E-state index contributed by atoms with van der Waals surface area (Å²) in [5.41, 5.74) is 2.02. The number of benzene rings is 1. The third-order valence-corrected chi connectivity index (χ3v) is 3.47. The summed E-state index contributed by atoms with van der Waals surface area (Å²) in [4.78, 5) is 8.71. The van der Waals surface area contributed by atoms with Gasteiger partial charge in [-0.2, -0.15) is 4.98 Å². The summed E-state index contributed by atoms with van der Waals surface area (Å²) in [7, 11) is 1.65. The summed E-state index contributed by atoms with van der Waals surface area (Å²) < 4.78 is 6.17. The summed E-state index contributed by atoms with van der Waals surface area (Å²) in [5.74, 6) is 2.08. The minimum atomic E-state index is 0.606. The SMILES string of the molecule is CCCNc1ncc(Br)c(Nc2cc(C)ccc2OC)n1. The second kappa shape index (κ2) is 7.26. The first-order chi connectivity index (χ1) is 10.1. The van der Waals surface area contributed by atoms with Crippen molar-refractivity contribution in [2.24, 2.45) is 0 Å². The second-order valence-corrected chi connectivity index (χ2v) is 5.50. The Bertz CT molecular complexity index is 619. The van der Waals surface area contributed by atoms with Crippen LogP contribution < -0.4 is 15.4 Å². The number of hydrogen-bond donors (Lipinski definition) is 2. The van der Waals surface area contributed by atoms with Gasteiger partial charge in [-0.25, -0.2) is 4.98 Å². The maximum Gasteiger partial charge on any atom is 0.224 e. The number of anilines is 3. The van der Waals surface area contributed by atoms with Crippen LogP contribution in [0.15, 0.2) is 28.9 Å². The highest BCUT2D eigenvalue weighted by atomic mass is 79.9. The molecule has 2 rings (SSSR count). The molecule has 6 heteroatoms. The standard InChI is InChI=1S/C15H19BrN4O/c1-4-7-17-15-18-9-11(16)14(20-15)19-12-8-10(2)5-6-13(12)21-3/h5-6,8-9H,4,7H2,1-3H3,(H2,17,18,19,20). The van der Waals surface area contributed by atoms with Crippen molar-refractivity contribution in [3.8, 4) is 5.75 Å². The smallest absolute Gasteiger partial charge is 0.224 e. The molecular formula is C15H19BrN4O. The maximum absolute atomic E-state index is 5.37. The molecule has 0 aliphatic rings. The largest absolute Gasteiger partial charge is 0.495 e. The van der Waals surface area contributed by atoms with E-state index in [1.807, 2.05) is 25.1 Å². The fraction of sp³-hybridized carbons (Fsp3) is 0.333. The fourth-order valence-corrected chi connectivity index (χ4v) is 2.11. The van der Waals surface area contributed by atoms with Crippen LogP contribution in [0, 0.1) is 6.92 Å². The van der Waals surface area contributed by atoms with Crippen LogP contribution in [0.25, 0.3) is 0 Å². The van der Waals surface area contributed by atoms with E-state index in [1.54, 1.807) is 13.3 Å². The molecule has 2 aromatic rings. The van der Waals surface area contributed by atoms with E-state index in [9.17, 15) is 0 Å². The molecule has 1 aromatic heterocycles. The van der Waals surface area contributed by atoms with Gasteiger partial charge in [0.15, 0.2) is 0 Å². The summed E-state index contributed by atoms with van der Waals surface area (Å²) >= 11 is 3.47. The molecule has 0 spiro atoms. The Kier molecular flexibility index (Phi) is 5.38. The summed E-state index contributed by atoms with van der Waals surface area (Å²) in [5, 5.41) is 6.46. The first-order valence-electron chi connectivity index (χ1n) is 6.82. The predicted octanol–water partition coefficient (Wildman–Crippen LogP) is 4.12. The number of nitrogens with one attached hydrogen (secondary N) is 2. The average Bonchev–Trinajstić information content (AvgIpc) is 2.48. The van der Waals surface area contributed by atoms with Crippen LogP contribution in [-0.2, 0) is 0 Å². The number of methoxy groups -OCH3 is 1. The summed E-state index contributed by atoms with van der Waals surface area (Å²) in [6.07, 6.45) is 2.75. The quantitative estimate of drug-likeness (QED) is 0.820. The Morgan fingerprint density at radius 1 is 1.33 bits per heavy atom. The van der Waals surface area contributed by atoms with Gasteiger partial charge in [0, 0.05) is 12.7 Å². The minimum absolute atomic E-state index is 0.606. The van der Waals surface area contributed by atoms with Gasteiger partial charge >= 0.3 is 0 Å². The van der Waals surface area contributed by atoms with Gasteiger partial charge in [-0.3, -0.25) is 0 Å². The molecule has 0 amide bonds. The molecular weight excluding hydrogens is 332 g/mol. The molecule has 0 fully saturated rings. The minimum Gasteiger partial charge on any atom is -0.495 e. The van der Waals surface area contributed by atoms with Gasteiger partial charge in [-0.1, -0.05) is 13.0 Å². The first kappa shape index (κ1) is 15.6. The van der Waals surface area contributed by atoms with E-state index in [-0.39, 0.29) is 0 Å². The zero-order valence-electron chi connectivity index (χ0n) is 12.4. The van der Waals surface area contributed by atoms with Crippen molar-refractivity contribution in [3.05, 3.63) is 34.4 Å². The highest BCUT2D eigenvalue weighted by Crippen LogP contribution is 2.31. The van der Waals surface area contributed by atoms with Crippen LogP contribution >= 0.6 is 15.9 Å². The number of rotatable bonds is 6. The highest BCUT2D eigenvalue weighted by molar-refractivity contribution is 9.10. The summed E-state index contributed by atoms with van der Waals surface area (Å²) in [6, 6.07) is 5.96. The molecule has 2 N–H and O–H groups in total. The van der Waals surface area contributed by atoms with Gasteiger partial charge < -0.3 is 15.4 Å². The molecule has 0 saturated carbocycles. The molecule has 0 unspecified atom stereocenters. The van der Waals surface area contributed by atoms with Crippen LogP contribution in [0.3, 0.4) is 0 Å². The number of halogens is 1. The lowest BCUT2D eigenvalue weighted by molar-refractivity contribution is 0.416. The fourth-order valence-electron chi connectivity index (χ4n) is 1.82. The Labute approximate surface area is 133 Å². The van der Waals surface area contributed by atoms with Crippen molar-refractivity contribution in [2.75, 3.05) is 24.3 Å². The molecule has 21 heavy (non-hydrogen) atoms. The number of aryl methyl sites for hydroxylation is 1. The maximum atomic E-state index is 5.37. The molecule has 1 heterocycles. The molecule has 0 saturated heterocycles. The third kappa shape index (κ3) is 4.07. The van der Waals surface area contributed by atoms with Crippen molar-refractivity contribution < 1.29 is 4.74 Å². The predicted molar refractivity (Wildman–Crippen MR) is 89.5 cm³/mol. The van der Waals surface area contributed by atoms with Crippen LogP contribution in [0.1, 0.15) is 18.9 Å². The Balaban J connectivity index is 2.28. The number of hydrogen-bond acceptors (Lipinski definition) is 5. The molecule has 0 aliphatic carbocycles. The Morgan fingerprint density at radius 2 is 2.14 bits per heavy atom. The van der Waals surface area contributed by atoms with Gasteiger partial charge in [-0.15, -0.1) is 0 Å². The van der Waals surface area contributed by atoms with Crippen molar-refractivity contribution in [1.82, 2.24) is 9.97 Å². The van der Waals surface area contributed by atoms with E-state index >= 15 is 0 Å². The van der Waals surface area contributed by atoms with E-state index < -0.39 is 0 Å². The molecule has 0 bridgehead atoms. The van der Waals surface area contributed by atoms with E-state index in [0.717, 1.165) is 34.4 Å². The van der Waals surface area contributed by atoms with Crippen molar-refractivity contribution >= 4 is 33.4 Å². The van der Waals surface area contributed by atoms with Crippen molar-refractivity contribution in [2.45, 2.75) is 20.3 Å². The van der Waals surface area contributed by atoms with E-state index in [1.165, 1.54) is 0 Å². The lowest BCUT2D eigenvalue weighted by Gasteiger charge is -2.13. The highest BCUT2D eigenvalue weighted by Gasteiger charge is 2.09. The van der Waals surface area contributed by atoms with E-state index in [4.69, 9.17) is 4.74 Å². The topological polar surface area (TPSA) is 59.1 Å². The first-order valence-corrected chi connectivity index (χ1v) is 7.61. The van der Waals surface area contributed by atoms with Crippen molar-refractivity contribution in [3.63, 3.8) is 0 Å². The van der Waals surface area contributed by atoms with Gasteiger partial charge in [0.2, 0.25) is 5.95 Å². The lowest BCUT2D eigenvalue weighted by atomic mass is 10.2. The van der Waals surface area contributed by atoms with Crippen LogP contribution in [0.4, 0.5) is 17.5 Å². The normalized spacial score (nSPS) is 10.3. The monoisotopic (exact) mass is 350 g/mol. The molecule has 0 aliphatic heterocycles. The zero-order chi connectivity index (χ0) is 15.2. The van der Waals surface area contributed by atoms with Gasteiger partial charge in [0.1, 0.15) is 11.6 Å². The van der Waals surface area contributed by atoms with Gasteiger partial charge in [-0.05, 0) is 47.0 Å². The Morgan fingerprint density at radius 3 is 2.86 bits per heavy atom. The number of aromatic nitrogens is 2. The Hall–Kier alpha value is -1.82. The third-order valence-electron chi connectivity index (χ3n) is 2.89. The lowest BCUT2D eigenvalue weighted by Crippen LogP contribution is -2.06. The van der Waals surface area contributed by atoms with Gasteiger partial charge in [0.25, 0.3) is 0 Å². The second-order valence-electron chi connectivity index (χ2n) is 4.65. The van der Waals surface area contributed by atoms with Crippen LogP contribution in [-0.4, -0.2) is 23.6 Å². The zero-order valence-corrected chi connectivity index (χ0v) is 14.0.